The molecule has 4 aliphatic carbocycles. The first kappa shape index (κ1) is 27.9. The van der Waals surface area contributed by atoms with Crippen molar-refractivity contribution in [1.29, 1.82) is 0 Å². The van der Waals surface area contributed by atoms with E-state index in [0.717, 1.165) is 77.0 Å². The fourth-order valence-corrected chi connectivity index (χ4v) is 7.65. The highest BCUT2D eigenvalue weighted by Crippen LogP contribution is 2.37. The van der Waals surface area contributed by atoms with Crippen molar-refractivity contribution in [3.05, 3.63) is 0 Å². The van der Waals surface area contributed by atoms with Crippen LogP contribution >= 0.6 is 0 Å². The van der Waals surface area contributed by atoms with Crippen molar-refractivity contribution in [2.75, 3.05) is 0 Å². The molecule has 8 heteroatoms. The molecule has 208 valence electrons. The normalized spacial score (nSPS) is 36.8. The third kappa shape index (κ3) is 7.47. The van der Waals surface area contributed by atoms with Gasteiger partial charge >= 0.3 is 11.9 Å². The van der Waals surface area contributed by atoms with E-state index in [2.05, 4.69) is 10.6 Å². The summed E-state index contributed by atoms with van der Waals surface area (Å²) in [4.78, 5) is 48.7. The van der Waals surface area contributed by atoms with Gasteiger partial charge in [-0.2, -0.15) is 0 Å². The summed E-state index contributed by atoms with van der Waals surface area (Å²) in [6, 6.07) is 0.334. The topological polar surface area (TPSA) is 133 Å². The molecule has 4 rings (SSSR count). The minimum absolute atomic E-state index is 0.0566. The molecule has 0 radical (unpaired) electrons. The summed E-state index contributed by atoms with van der Waals surface area (Å²) >= 11 is 0. The van der Waals surface area contributed by atoms with Crippen LogP contribution in [0.1, 0.15) is 109 Å². The van der Waals surface area contributed by atoms with Crippen molar-refractivity contribution in [3.63, 3.8) is 0 Å². The van der Waals surface area contributed by atoms with E-state index >= 15 is 0 Å². The quantitative estimate of drug-likeness (QED) is 0.374. The molecule has 0 spiro atoms. The number of carboxylic acids is 2. The molecule has 4 aliphatic rings. The van der Waals surface area contributed by atoms with Crippen molar-refractivity contribution in [3.8, 4) is 0 Å². The lowest BCUT2D eigenvalue weighted by molar-refractivity contribution is -0.149. The van der Waals surface area contributed by atoms with Gasteiger partial charge in [-0.05, 0) is 95.3 Å². The number of aliphatic carboxylic acids is 2. The van der Waals surface area contributed by atoms with Crippen molar-refractivity contribution in [2.45, 2.75) is 121 Å². The Morgan fingerprint density at radius 1 is 0.486 bits per heavy atom. The van der Waals surface area contributed by atoms with Crippen LogP contribution in [0, 0.1) is 35.5 Å². The molecule has 4 atom stereocenters. The predicted octanol–water partition coefficient (Wildman–Crippen LogP) is 4.51. The monoisotopic (exact) mass is 518 g/mol. The van der Waals surface area contributed by atoms with E-state index < -0.39 is 23.8 Å². The third-order valence-corrected chi connectivity index (χ3v) is 9.89. The summed E-state index contributed by atoms with van der Waals surface area (Å²) in [5.74, 6) is -2.28. The smallest absolute Gasteiger partial charge is 0.307 e. The molecule has 8 nitrogen and oxygen atoms in total. The van der Waals surface area contributed by atoms with Crippen molar-refractivity contribution in [1.82, 2.24) is 10.6 Å². The number of hydrogen-bond acceptors (Lipinski definition) is 4. The first-order chi connectivity index (χ1) is 17.8. The maximum absolute atomic E-state index is 12.8. The number of carboxylic acid groups (broad SMARTS) is 2. The van der Waals surface area contributed by atoms with E-state index in [9.17, 15) is 29.4 Å². The molecule has 4 N–H and O–H groups in total. The molecule has 0 aromatic rings. The molecule has 0 unspecified atom stereocenters. The van der Waals surface area contributed by atoms with Gasteiger partial charge in [0.1, 0.15) is 0 Å². The third-order valence-electron chi connectivity index (χ3n) is 9.89. The van der Waals surface area contributed by atoms with Gasteiger partial charge in [0.2, 0.25) is 11.8 Å². The van der Waals surface area contributed by atoms with E-state index in [0.29, 0.717) is 37.5 Å². The summed E-state index contributed by atoms with van der Waals surface area (Å²) in [7, 11) is 0. The van der Waals surface area contributed by atoms with Crippen molar-refractivity contribution >= 4 is 23.8 Å². The Hall–Kier alpha value is -2.12. The Labute approximate surface area is 220 Å². The van der Waals surface area contributed by atoms with Gasteiger partial charge in [0.25, 0.3) is 0 Å². The van der Waals surface area contributed by atoms with Crippen LogP contribution in [0.2, 0.25) is 0 Å². The highest BCUT2D eigenvalue weighted by Gasteiger charge is 2.38. The van der Waals surface area contributed by atoms with Gasteiger partial charge in [0.15, 0.2) is 0 Å². The zero-order valence-electron chi connectivity index (χ0n) is 22.2. The molecular weight excluding hydrogens is 472 g/mol. The van der Waals surface area contributed by atoms with Gasteiger partial charge in [-0.1, -0.05) is 25.7 Å². The second-order valence-electron chi connectivity index (χ2n) is 12.4. The minimum atomic E-state index is -0.837. The Kier molecular flexibility index (Phi) is 9.88. The summed E-state index contributed by atoms with van der Waals surface area (Å²) in [6.45, 7) is 0. The van der Waals surface area contributed by atoms with Gasteiger partial charge in [-0.25, -0.2) is 0 Å². The number of carbonyl (C=O) groups excluding carboxylic acids is 2. The first-order valence-electron chi connectivity index (χ1n) is 14.9. The van der Waals surface area contributed by atoms with Crippen LogP contribution in [0.15, 0.2) is 0 Å². The van der Waals surface area contributed by atoms with Gasteiger partial charge in [0.05, 0.1) is 23.7 Å². The molecule has 4 saturated carbocycles. The molecule has 2 amide bonds. The molecule has 0 aliphatic heterocycles. The van der Waals surface area contributed by atoms with Crippen LogP contribution in [-0.4, -0.2) is 46.0 Å². The number of rotatable bonds is 8. The minimum Gasteiger partial charge on any atom is -0.481 e. The van der Waals surface area contributed by atoms with Crippen LogP contribution in [0.25, 0.3) is 0 Å². The number of amides is 2. The largest absolute Gasteiger partial charge is 0.481 e. The maximum atomic E-state index is 12.8. The maximum Gasteiger partial charge on any atom is 0.307 e. The molecule has 0 saturated heterocycles. The van der Waals surface area contributed by atoms with Gasteiger partial charge in [0, 0.05) is 12.1 Å². The Balaban J connectivity index is 1.14. The zero-order chi connectivity index (χ0) is 26.4. The molecule has 0 aromatic carbocycles. The van der Waals surface area contributed by atoms with E-state index in [1.165, 1.54) is 6.42 Å². The van der Waals surface area contributed by atoms with Crippen molar-refractivity contribution < 1.29 is 29.4 Å². The molecule has 4 fully saturated rings. The SMILES string of the molecule is O=C(O)[C@H]1CCCC[C@H]1C(=O)NC1CCC(CC2CCC(NC(=O)[C@@H]3CCCC[C@H]3C(=O)O)CC2)CC1. The van der Waals surface area contributed by atoms with Crippen LogP contribution in [0.4, 0.5) is 0 Å². The number of carbonyl (C=O) groups is 4. The van der Waals surface area contributed by atoms with Crippen molar-refractivity contribution in [2.24, 2.45) is 35.5 Å². The lowest BCUT2D eigenvalue weighted by Crippen LogP contribution is -2.45. The second kappa shape index (κ2) is 13.1. The number of nitrogens with one attached hydrogen (secondary N) is 2. The summed E-state index contributed by atoms with van der Waals surface area (Å²) in [5, 5.41) is 25.3. The van der Waals surface area contributed by atoms with Crippen LogP contribution < -0.4 is 10.6 Å². The Morgan fingerprint density at radius 2 is 0.811 bits per heavy atom. The van der Waals surface area contributed by atoms with E-state index in [4.69, 9.17) is 0 Å². The highest BCUT2D eigenvalue weighted by atomic mass is 16.4. The standard InChI is InChI=1S/C29H46N2O6/c32-26(22-5-1-3-7-24(22)28(34)35)30-20-13-9-18(10-14-20)17-19-11-15-21(16-12-19)31-27(33)23-6-2-4-8-25(23)29(36)37/h18-25H,1-17H2,(H,30,32)(H,31,33)(H,34,35)(H,36,37)/t18?,19?,20?,21?,22-,23-,24-,25+/m1/s1. The summed E-state index contributed by atoms with van der Waals surface area (Å²) < 4.78 is 0. The fraction of sp³-hybridized carbons (Fsp3) is 0.862. The molecule has 0 heterocycles. The first-order valence-corrected chi connectivity index (χ1v) is 14.9. The molecular formula is C29H46N2O6. The lowest BCUT2D eigenvalue weighted by atomic mass is 9.75. The van der Waals surface area contributed by atoms with Gasteiger partial charge in [-0.15, -0.1) is 0 Å². The fourth-order valence-electron chi connectivity index (χ4n) is 7.65. The van der Waals surface area contributed by atoms with E-state index in [1.54, 1.807) is 0 Å². The van der Waals surface area contributed by atoms with E-state index in [1.807, 2.05) is 0 Å². The summed E-state index contributed by atoms with van der Waals surface area (Å²) in [5.41, 5.74) is 0. The van der Waals surface area contributed by atoms with Crippen LogP contribution in [-0.2, 0) is 19.2 Å². The Morgan fingerprint density at radius 3 is 1.14 bits per heavy atom. The highest BCUT2D eigenvalue weighted by molar-refractivity contribution is 5.85. The molecule has 37 heavy (non-hydrogen) atoms. The lowest BCUT2D eigenvalue weighted by Gasteiger charge is -2.36. The predicted molar refractivity (Wildman–Crippen MR) is 139 cm³/mol. The average Bonchev–Trinajstić information content (AvgIpc) is 2.90. The second-order valence-corrected chi connectivity index (χ2v) is 12.4. The molecule has 0 aromatic heterocycles. The van der Waals surface area contributed by atoms with Crippen LogP contribution in [0.3, 0.4) is 0 Å². The summed E-state index contributed by atoms with van der Waals surface area (Å²) in [6.07, 6.45) is 15.7. The zero-order valence-corrected chi connectivity index (χ0v) is 22.2. The Bertz CT molecular complexity index is 749. The van der Waals surface area contributed by atoms with Gasteiger partial charge in [-0.3, -0.25) is 19.2 Å². The molecule has 0 bridgehead atoms. The average molecular weight is 519 g/mol. The van der Waals surface area contributed by atoms with Gasteiger partial charge < -0.3 is 20.8 Å². The number of hydrogen-bond donors (Lipinski definition) is 4. The van der Waals surface area contributed by atoms with E-state index in [-0.39, 0.29) is 35.7 Å². The van der Waals surface area contributed by atoms with Crippen LogP contribution in [0.5, 0.6) is 0 Å².